The molecule has 1 saturated heterocycles. The van der Waals surface area contributed by atoms with E-state index >= 15 is 0 Å². The first kappa shape index (κ1) is 24.8. The fourth-order valence-corrected chi connectivity index (χ4v) is 4.30. The number of halogens is 5. The van der Waals surface area contributed by atoms with Crippen molar-refractivity contribution in [3.8, 4) is 0 Å². The van der Waals surface area contributed by atoms with E-state index in [1.54, 1.807) is 37.8 Å². The number of hydrogen-bond donors (Lipinski definition) is 0. The molecule has 0 aliphatic carbocycles. The quantitative estimate of drug-likeness (QED) is 0.476. The number of nitrogens with zero attached hydrogens (tertiary/aromatic N) is 5. The van der Waals surface area contributed by atoms with Gasteiger partial charge >= 0.3 is 6.18 Å². The molecule has 0 saturated carbocycles. The average Bonchev–Trinajstić information content (AvgIpc) is 3.18. The molecular weight excluding hydrogens is 490 g/mol. The smallest absolute Gasteiger partial charge is 0.335 e. The molecule has 0 radical (unpaired) electrons. The van der Waals surface area contributed by atoms with Gasteiger partial charge in [-0.2, -0.15) is 18.3 Å². The lowest BCUT2D eigenvalue weighted by atomic mass is 9.91. The molecule has 6 nitrogen and oxygen atoms in total. The standard InChI is InChI=1S/C23H24Cl2F3N5O/c1-22(2,3)18-12-19(23(26,27)28)33-20(29-18)11-17(30-33)21(34)32-8-6-31(7-9-32)13-14-4-5-15(24)10-16(14)25/h4-5,10-12H,6-9,13H2,1-3H3. The summed E-state index contributed by atoms with van der Waals surface area (Å²) < 4.78 is 41.9. The second-order valence-corrected chi connectivity index (χ2v) is 10.2. The highest BCUT2D eigenvalue weighted by molar-refractivity contribution is 6.35. The Morgan fingerprint density at radius 2 is 1.71 bits per heavy atom. The number of aromatic nitrogens is 3. The molecular formula is C23H24Cl2F3N5O. The van der Waals surface area contributed by atoms with E-state index in [1.165, 1.54) is 6.07 Å². The molecule has 0 atom stereocenters. The second kappa shape index (κ2) is 9.02. The summed E-state index contributed by atoms with van der Waals surface area (Å²) in [5, 5.41) is 5.13. The third-order valence-electron chi connectivity index (χ3n) is 5.77. The van der Waals surface area contributed by atoms with E-state index in [4.69, 9.17) is 23.2 Å². The van der Waals surface area contributed by atoms with Gasteiger partial charge in [0.15, 0.2) is 11.3 Å². The van der Waals surface area contributed by atoms with Gasteiger partial charge < -0.3 is 4.90 Å². The highest BCUT2D eigenvalue weighted by atomic mass is 35.5. The molecule has 3 aromatic rings. The van der Waals surface area contributed by atoms with Gasteiger partial charge in [-0.1, -0.05) is 50.0 Å². The Morgan fingerprint density at radius 1 is 1.03 bits per heavy atom. The molecule has 0 unspecified atom stereocenters. The average molecular weight is 514 g/mol. The molecule has 0 bridgehead atoms. The van der Waals surface area contributed by atoms with E-state index in [9.17, 15) is 18.0 Å². The molecule has 0 spiro atoms. The van der Waals surface area contributed by atoms with Gasteiger partial charge in [0, 0.05) is 54.3 Å². The Balaban J connectivity index is 1.52. The summed E-state index contributed by atoms with van der Waals surface area (Å²) in [5.41, 5.74) is -0.393. The predicted molar refractivity (Wildman–Crippen MR) is 124 cm³/mol. The molecule has 1 aliphatic rings. The minimum atomic E-state index is -4.64. The van der Waals surface area contributed by atoms with Crippen LogP contribution in [0.4, 0.5) is 13.2 Å². The zero-order valence-corrected chi connectivity index (χ0v) is 20.5. The SMILES string of the molecule is CC(C)(C)c1cc(C(F)(F)F)n2nc(C(=O)N3CCN(Cc4ccc(Cl)cc4Cl)CC3)cc2n1. The van der Waals surface area contributed by atoms with Gasteiger partial charge in [0.05, 0.1) is 5.69 Å². The second-order valence-electron chi connectivity index (χ2n) is 9.38. The van der Waals surface area contributed by atoms with Crippen molar-refractivity contribution in [3.63, 3.8) is 0 Å². The van der Waals surface area contributed by atoms with Crippen molar-refractivity contribution in [3.05, 3.63) is 63.0 Å². The van der Waals surface area contributed by atoms with Gasteiger partial charge in [-0.3, -0.25) is 9.69 Å². The number of fused-ring (bicyclic) bond motifs is 1. The molecule has 11 heteroatoms. The van der Waals surface area contributed by atoms with Crippen LogP contribution in [-0.2, 0) is 18.1 Å². The Labute approximate surface area is 205 Å². The molecule has 4 rings (SSSR count). The van der Waals surface area contributed by atoms with Crippen LogP contribution >= 0.6 is 23.2 Å². The third kappa shape index (κ3) is 5.16. The minimum absolute atomic E-state index is 0.000818. The normalized spacial score (nSPS) is 15.8. The fourth-order valence-electron chi connectivity index (χ4n) is 3.83. The topological polar surface area (TPSA) is 53.7 Å². The van der Waals surface area contributed by atoms with Crippen molar-refractivity contribution in [2.75, 3.05) is 26.2 Å². The van der Waals surface area contributed by atoms with Crippen LogP contribution in [0.2, 0.25) is 10.0 Å². The first-order valence-corrected chi connectivity index (χ1v) is 11.5. The summed E-state index contributed by atoms with van der Waals surface area (Å²) in [6.07, 6.45) is -4.64. The maximum Gasteiger partial charge on any atom is 0.433 e. The van der Waals surface area contributed by atoms with Gasteiger partial charge in [-0.15, -0.1) is 0 Å². The largest absolute Gasteiger partial charge is 0.433 e. The van der Waals surface area contributed by atoms with Crippen LogP contribution in [0.15, 0.2) is 30.3 Å². The molecule has 1 aromatic carbocycles. The van der Waals surface area contributed by atoms with Crippen LogP contribution < -0.4 is 0 Å². The van der Waals surface area contributed by atoms with Crippen molar-refractivity contribution < 1.29 is 18.0 Å². The van der Waals surface area contributed by atoms with Gasteiger partial charge in [0.1, 0.15) is 5.69 Å². The van der Waals surface area contributed by atoms with Crippen molar-refractivity contribution in [1.82, 2.24) is 24.4 Å². The highest BCUT2D eigenvalue weighted by Crippen LogP contribution is 2.33. The summed E-state index contributed by atoms with van der Waals surface area (Å²) in [7, 11) is 0. The van der Waals surface area contributed by atoms with Gasteiger partial charge in [0.25, 0.3) is 5.91 Å². The Morgan fingerprint density at radius 3 is 2.29 bits per heavy atom. The van der Waals surface area contributed by atoms with E-state index in [0.717, 1.165) is 11.6 Å². The molecule has 182 valence electrons. The predicted octanol–water partition coefficient (Wildman–Crippen LogP) is 5.31. The number of carbonyl (C=O) groups excluding carboxylic acids is 1. The molecule has 0 N–H and O–H groups in total. The summed E-state index contributed by atoms with van der Waals surface area (Å²) in [5.74, 6) is -0.417. The van der Waals surface area contributed by atoms with E-state index in [0.29, 0.717) is 47.3 Å². The maximum absolute atomic E-state index is 13.7. The van der Waals surface area contributed by atoms with E-state index in [2.05, 4.69) is 15.0 Å². The van der Waals surface area contributed by atoms with Gasteiger partial charge in [-0.25, -0.2) is 9.50 Å². The van der Waals surface area contributed by atoms with E-state index in [1.807, 2.05) is 6.07 Å². The molecule has 1 fully saturated rings. The van der Waals surface area contributed by atoms with Crippen LogP contribution in [0.25, 0.3) is 5.65 Å². The van der Waals surface area contributed by atoms with Crippen molar-refractivity contribution >= 4 is 34.8 Å². The summed E-state index contributed by atoms with van der Waals surface area (Å²) in [6.45, 7) is 7.99. The molecule has 2 aromatic heterocycles. The third-order valence-corrected chi connectivity index (χ3v) is 6.36. The first-order chi connectivity index (χ1) is 15.8. The van der Waals surface area contributed by atoms with Crippen LogP contribution in [0.3, 0.4) is 0 Å². The Bertz CT molecular complexity index is 1230. The zero-order valence-electron chi connectivity index (χ0n) is 19.0. The van der Waals surface area contributed by atoms with Crippen molar-refractivity contribution in [2.45, 2.75) is 38.9 Å². The lowest BCUT2D eigenvalue weighted by Gasteiger charge is -2.34. The highest BCUT2D eigenvalue weighted by Gasteiger charge is 2.37. The van der Waals surface area contributed by atoms with Crippen LogP contribution in [-0.4, -0.2) is 56.5 Å². The number of alkyl halides is 3. The monoisotopic (exact) mass is 513 g/mol. The van der Waals surface area contributed by atoms with Crippen molar-refractivity contribution in [1.29, 1.82) is 0 Å². The number of hydrogen-bond acceptors (Lipinski definition) is 4. The maximum atomic E-state index is 13.7. The zero-order chi connectivity index (χ0) is 24.8. The molecule has 34 heavy (non-hydrogen) atoms. The van der Waals surface area contributed by atoms with Crippen LogP contribution in [0, 0.1) is 0 Å². The molecule has 3 heterocycles. The lowest BCUT2D eigenvalue weighted by Crippen LogP contribution is -2.48. The van der Waals surface area contributed by atoms with Gasteiger partial charge in [-0.05, 0) is 23.8 Å². The number of piperazine rings is 1. The minimum Gasteiger partial charge on any atom is -0.335 e. The van der Waals surface area contributed by atoms with Crippen molar-refractivity contribution in [2.24, 2.45) is 0 Å². The number of amides is 1. The Hall–Kier alpha value is -2.36. The summed E-state index contributed by atoms with van der Waals surface area (Å²) >= 11 is 12.2. The molecule has 1 amide bonds. The summed E-state index contributed by atoms with van der Waals surface area (Å²) in [4.78, 5) is 21.1. The molecule has 1 aliphatic heterocycles. The Kier molecular flexibility index (Phi) is 6.56. The fraction of sp³-hybridized carbons (Fsp3) is 0.435. The van der Waals surface area contributed by atoms with Gasteiger partial charge in [0.2, 0.25) is 0 Å². The van der Waals surface area contributed by atoms with E-state index in [-0.39, 0.29) is 17.0 Å². The number of rotatable bonds is 3. The van der Waals surface area contributed by atoms with Crippen LogP contribution in [0.1, 0.15) is 48.2 Å². The van der Waals surface area contributed by atoms with Crippen LogP contribution in [0.5, 0.6) is 0 Å². The number of carbonyl (C=O) groups is 1. The summed E-state index contributed by atoms with van der Waals surface area (Å²) in [6, 6.07) is 7.66. The lowest BCUT2D eigenvalue weighted by molar-refractivity contribution is -0.142. The first-order valence-electron chi connectivity index (χ1n) is 10.8. The van der Waals surface area contributed by atoms with E-state index < -0.39 is 23.2 Å². The number of benzene rings is 1.